The maximum Gasteiger partial charge on any atom is 0.133 e. The summed E-state index contributed by atoms with van der Waals surface area (Å²) in [4.78, 5) is 92.4. The largest absolute Gasteiger partial charge is 0.303 e. The molecule has 190 valence electrons. The molecule has 0 aromatic rings. The van der Waals surface area contributed by atoms with E-state index in [1.54, 1.807) is 0 Å². The summed E-state index contributed by atoms with van der Waals surface area (Å²) in [5.41, 5.74) is 0. The topological polar surface area (TPSA) is 137 Å². The molecule has 34 heavy (non-hydrogen) atoms. The minimum absolute atomic E-state index is 0.00309. The van der Waals surface area contributed by atoms with Crippen LogP contribution in [0, 0.1) is 0 Å². The Hall–Kier alpha value is -2.64. The van der Waals surface area contributed by atoms with Gasteiger partial charge in [-0.15, -0.1) is 0 Å². The van der Waals surface area contributed by atoms with Gasteiger partial charge in [0.15, 0.2) is 0 Å². The van der Waals surface area contributed by atoms with Gasteiger partial charge in [-0.25, -0.2) is 0 Å². The van der Waals surface area contributed by atoms with Crippen molar-refractivity contribution < 1.29 is 38.4 Å². The molecule has 8 heteroatoms. The van der Waals surface area contributed by atoms with Crippen LogP contribution in [0.2, 0.25) is 0 Å². The van der Waals surface area contributed by atoms with Gasteiger partial charge in [-0.05, 0) is 6.42 Å². The molecule has 0 saturated heterocycles. The Labute approximate surface area is 201 Å². The van der Waals surface area contributed by atoms with E-state index in [1.807, 2.05) is 6.92 Å². The number of Topliss-reactive ketones (excluding diaryl/α,β-unsaturated/α-hetero) is 7. The maximum absolute atomic E-state index is 11.9. The molecular formula is C26H38O8. The zero-order chi connectivity index (χ0) is 25.8. The van der Waals surface area contributed by atoms with Crippen molar-refractivity contribution in [2.24, 2.45) is 0 Å². The van der Waals surface area contributed by atoms with E-state index in [9.17, 15) is 38.4 Å². The summed E-state index contributed by atoms with van der Waals surface area (Å²) in [5.74, 6) is -1.07. The van der Waals surface area contributed by atoms with Gasteiger partial charge in [-0.1, -0.05) is 13.3 Å². The number of carbonyl (C=O) groups is 8. The molecule has 8 nitrogen and oxygen atoms in total. The van der Waals surface area contributed by atoms with Gasteiger partial charge in [0.05, 0.1) is 0 Å². The van der Waals surface area contributed by atoms with Crippen molar-refractivity contribution >= 4 is 46.8 Å². The first-order chi connectivity index (χ1) is 16.2. The van der Waals surface area contributed by atoms with Gasteiger partial charge in [-0.3, -0.25) is 33.6 Å². The summed E-state index contributed by atoms with van der Waals surface area (Å²) in [7, 11) is 0. The fourth-order valence-electron chi connectivity index (χ4n) is 3.14. The number of ketones is 7. The summed E-state index contributed by atoms with van der Waals surface area (Å²) >= 11 is 0. The monoisotopic (exact) mass is 478 g/mol. The molecule has 0 aliphatic carbocycles. The second-order valence-electron chi connectivity index (χ2n) is 8.58. The van der Waals surface area contributed by atoms with Crippen LogP contribution in [-0.4, -0.2) is 46.8 Å². The molecular weight excluding hydrogens is 440 g/mol. The van der Waals surface area contributed by atoms with Crippen molar-refractivity contribution in [2.45, 2.75) is 116 Å². The Bertz CT molecular complexity index is 735. The maximum atomic E-state index is 11.9. The molecule has 0 aromatic heterocycles. The van der Waals surface area contributed by atoms with Crippen LogP contribution in [0.4, 0.5) is 0 Å². The fourth-order valence-corrected chi connectivity index (χ4v) is 3.14. The van der Waals surface area contributed by atoms with Crippen LogP contribution in [0.25, 0.3) is 0 Å². The second-order valence-corrected chi connectivity index (χ2v) is 8.58. The minimum atomic E-state index is -0.223. The number of carbonyl (C=O) groups excluding carboxylic acids is 8. The van der Waals surface area contributed by atoms with E-state index in [0.29, 0.717) is 12.7 Å². The lowest BCUT2D eigenvalue weighted by Crippen LogP contribution is -2.10. The number of rotatable bonds is 24. The van der Waals surface area contributed by atoms with Crippen molar-refractivity contribution in [3.63, 3.8) is 0 Å². The van der Waals surface area contributed by atoms with Gasteiger partial charge >= 0.3 is 0 Å². The van der Waals surface area contributed by atoms with Gasteiger partial charge in [0, 0.05) is 96.3 Å². The first kappa shape index (κ1) is 31.4. The molecule has 0 aliphatic rings. The number of aldehydes is 1. The normalized spacial score (nSPS) is 10.5. The highest BCUT2D eigenvalue weighted by molar-refractivity contribution is 5.93. The molecule has 0 heterocycles. The Kier molecular flexibility index (Phi) is 18.3. The highest BCUT2D eigenvalue weighted by Gasteiger charge is 2.14. The standard InChI is InChI=1S/C26H38O8/c1-2-3-5-20(28)7-9-22(30)11-13-24(32)15-17-26(34)18-16-25(33)14-12-23(31)10-8-21(29)6-4-19-27/h19H,2-18H2,1H3. The van der Waals surface area contributed by atoms with Crippen molar-refractivity contribution in [1.82, 2.24) is 0 Å². The van der Waals surface area contributed by atoms with Crippen molar-refractivity contribution in [3.8, 4) is 0 Å². The lowest BCUT2D eigenvalue weighted by Gasteiger charge is -2.03. The van der Waals surface area contributed by atoms with Crippen LogP contribution in [0.1, 0.15) is 116 Å². The third-order valence-corrected chi connectivity index (χ3v) is 5.45. The minimum Gasteiger partial charge on any atom is -0.303 e. The molecule has 0 saturated carbocycles. The van der Waals surface area contributed by atoms with E-state index >= 15 is 0 Å². The molecule has 0 bridgehead atoms. The van der Waals surface area contributed by atoms with Crippen LogP contribution in [0.5, 0.6) is 0 Å². The lowest BCUT2D eigenvalue weighted by atomic mass is 10.00. The van der Waals surface area contributed by atoms with Crippen molar-refractivity contribution in [1.29, 1.82) is 0 Å². The van der Waals surface area contributed by atoms with Gasteiger partial charge in [-0.2, -0.15) is 0 Å². The van der Waals surface area contributed by atoms with E-state index in [1.165, 1.54) is 0 Å². The lowest BCUT2D eigenvalue weighted by molar-refractivity contribution is -0.128. The van der Waals surface area contributed by atoms with Crippen LogP contribution in [0.3, 0.4) is 0 Å². The summed E-state index contributed by atoms with van der Waals surface area (Å²) < 4.78 is 0. The highest BCUT2D eigenvalue weighted by atomic mass is 16.2. The number of hydrogen-bond acceptors (Lipinski definition) is 8. The predicted octanol–water partition coefficient (Wildman–Crippen LogP) is 3.82. The second kappa shape index (κ2) is 19.8. The Morgan fingerprint density at radius 1 is 0.412 bits per heavy atom. The van der Waals surface area contributed by atoms with E-state index in [0.717, 1.165) is 12.8 Å². The number of hydrogen-bond donors (Lipinski definition) is 0. The zero-order valence-electron chi connectivity index (χ0n) is 20.4. The van der Waals surface area contributed by atoms with Crippen LogP contribution < -0.4 is 0 Å². The summed E-state index contributed by atoms with van der Waals surface area (Å²) in [6, 6.07) is 0. The summed E-state index contributed by atoms with van der Waals surface area (Å²) in [6.45, 7) is 1.99. The highest BCUT2D eigenvalue weighted by Crippen LogP contribution is 2.09. The average Bonchev–Trinajstić information content (AvgIpc) is 2.82. The summed E-state index contributed by atoms with van der Waals surface area (Å²) in [6.07, 6.45) is 3.80. The molecule has 0 amide bonds. The molecule has 0 radical (unpaired) electrons. The number of unbranched alkanes of at least 4 members (excludes halogenated alkanes) is 1. The molecule has 0 spiro atoms. The first-order valence-corrected chi connectivity index (χ1v) is 12.2. The van der Waals surface area contributed by atoms with Crippen LogP contribution >= 0.6 is 0 Å². The molecule has 0 N–H and O–H groups in total. The quantitative estimate of drug-likeness (QED) is 0.191. The third kappa shape index (κ3) is 18.9. The Balaban J connectivity index is 3.89. The fraction of sp³-hybridized carbons (Fsp3) is 0.692. The van der Waals surface area contributed by atoms with E-state index in [4.69, 9.17) is 0 Å². The SMILES string of the molecule is CCCCC(=O)CCC(=O)CCC(=O)CCC(=O)CCC(=O)CCC(=O)CCC(=O)CCC=O. The van der Waals surface area contributed by atoms with E-state index in [2.05, 4.69) is 0 Å². The van der Waals surface area contributed by atoms with Crippen LogP contribution in [0.15, 0.2) is 0 Å². The molecule has 0 atom stereocenters. The van der Waals surface area contributed by atoms with Crippen LogP contribution in [-0.2, 0) is 38.4 Å². The van der Waals surface area contributed by atoms with Crippen molar-refractivity contribution in [2.75, 3.05) is 0 Å². The zero-order valence-corrected chi connectivity index (χ0v) is 20.4. The first-order valence-electron chi connectivity index (χ1n) is 12.2. The van der Waals surface area contributed by atoms with Gasteiger partial charge in [0.1, 0.15) is 46.8 Å². The molecule has 0 rings (SSSR count). The molecule has 0 aliphatic heterocycles. The predicted molar refractivity (Wildman–Crippen MR) is 125 cm³/mol. The van der Waals surface area contributed by atoms with Gasteiger partial charge in [0.25, 0.3) is 0 Å². The summed E-state index contributed by atoms with van der Waals surface area (Å²) in [5, 5.41) is 0. The van der Waals surface area contributed by atoms with Crippen molar-refractivity contribution in [3.05, 3.63) is 0 Å². The third-order valence-electron chi connectivity index (χ3n) is 5.45. The van der Waals surface area contributed by atoms with Gasteiger partial charge < -0.3 is 4.79 Å². The Morgan fingerprint density at radius 2 is 0.647 bits per heavy atom. The average molecular weight is 479 g/mol. The van der Waals surface area contributed by atoms with E-state index < -0.39 is 0 Å². The smallest absolute Gasteiger partial charge is 0.133 e. The molecule has 0 aromatic carbocycles. The molecule has 0 unspecified atom stereocenters. The van der Waals surface area contributed by atoms with E-state index in [-0.39, 0.29) is 130 Å². The Morgan fingerprint density at radius 3 is 0.882 bits per heavy atom. The molecule has 0 fully saturated rings. The van der Waals surface area contributed by atoms with Gasteiger partial charge in [0.2, 0.25) is 0 Å².